The first kappa shape index (κ1) is 19.6. The van der Waals surface area contributed by atoms with E-state index in [0.717, 1.165) is 31.2 Å². The van der Waals surface area contributed by atoms with Crippen LogP contribution in [0.1, 0.15) is 56.9 Å². The summed E-state index contributed by atoms with van der Waals surface area (Å²) in [6.45, 7) is 1.76. The highest BCUT2D eigenvalue weighted by Crippen LogP contribution is 2.22. The zero-order chi connectivity index (χ0) is 19.1. The molecule has 1 aromatic rings. The summed E-state index contributed by atoms with van der Waals surface area (Å²) in [7, 11) is 0. The molecule has 1 heterocycles. The molecule has 3 rings (SSSR count). The molecule has 148 valence electrons. The standard InChI is InChI=1S/C21H30FN3O2/c22-18-6-4-5-17(13-18)15-23-20(26)14-16-9-11-25(12-10-16)21(27)24-19-7-2-1-3-8-19/h4-6,13,16,19H,1-3,7-12,14-15H2,(H,23,26)(H,24,27). The minimum atomic E-state index is -0.291. The van der Waals surface area contributed by atoms with E-state index in [-0.39, 0.29) is 17.8 Å². The Kier molecular flexibility index (Phi) is 7.07. The van der Waals surface area contributed by atoms with E-state index >= 15 is 0 Å². The largest absolute Gasteiger partial charge is 0.352 e. The molecule has 0 radical (unpaired) electrons. The van der Waals surface area contributed by atoms with E-state index in [4.69, 9.17) is 0 Å². The van der Waals surface area contributed by atoms with Crippen LogP contribution >= 0.6 is 0 Å². The first-order valence-electron chi connectivity index (χ1n) is 10.2. The molecule has 1 aliphatic carbocycles. The van der Waals surface area contributed by atoms with Gasteiger partial charge >= 0.3 is 6.03 Å². The monoisotopic (exact) mass is 375 g/mol. The Morgan fingerprint density at radius 1 is 1.07 bits per heavy atom. The van der Waals surface area contributed by atoms with Crippen LogP contribution in [0.25, 0.3) is 0 Å². The Morgan fingerprint density at radius 3 is 2.52 bits per heavy atom. The van der Waals surface area contributed by atoms with Crippen LogP contribution in [0.15, 0.2) is 24.3 Å². The van der Waals surface area contributed by atoms with Crippen LogP contribution in [0.4, 0.5) is 9.18 Å². The van der Waals surface area contributed by atoms with Crippen LogP contribution in [0.5, 0.6) is 0 Å². The van der Waals surface area contributed by atoms with Crippen molar-refractivity contribution < 1.29 is 14.0 Å². The van der Waals surface area contributed by atoms with Gasteiger partial charge < -0.3 is 15.5 Å². The minimum absolute atomic E-state index is 0.00984. The van der Waals surface area contributed by atoms with Crippen molar-refractivity contribution in [3.8, 4) is 0 Å². The van der Waals surface area contributed by atoms with Gasteiger partial charge in [0.2, 0.25) is 5.91 Å². The molecule has 6 heteroatoms. The average Bonchev–Trinajstić information content (AvgIpc) is 2.68. The molecule has 0 aromatic heterocycles. The van der Waals surface area contributed by atoms with Crippen molar-refractivity contribution in [2.45, 2.75) is 64.0 Å². The third-order valence-corrected chi connectivity index (χ3v) is 5.69. The van der Waals surface area contributed by atoms with Crippen LogP contribution < -0.4 is 10.6 Å². The molecule has 1 aliphatic heterocycles. The normalized spacial score (nSPS) is 18.9. The van der Waals surface area contributed by atoms with Crippen molar-refractivity contribution in [2.75, 3.05) is 13.1 Å². The molecule has 0 atom stereocenters. The van der Waals surface area contributed by atoms with Crippen molar-refractivity contribution >= 4 is 11.9 Å². The van der Waals surface area contributed by atoms with Crippen LogP contribution in [0.3, 0.4) is 0 Å². The number of halogens is 1. The fraction of sp³-hybridized carbons (Fsp3) is 0.619. The predicted molar refractivity (Wildman–Crippen MR) is 103 cm³/mol. The molecule has 1 saturated heterocycles. The van der Waals surface area contributed by atoms with Gasteiger partial charge in [-0.2, -0.15) is 0 Å². The number of nitrogens with zero attached hydrogens (tertiary/aromatic N) is 1. The maximum atomic E-state index is 13.2. The van der Waals surface area contributed by atoms with E-state index in [9.17, 15) is 14.0 Å². The van der Waals surface area contributed by atoms with Gasteiger partial charge in [-0.15, -0.1) is 0 Å². The number of likely N-dealkylation sites (tertiary alicyclic amines) is 1. The highest BCUT2D eigenvalue weighted by atomic mass is 19.1. The van der Waals surface area contributed by atoms with Gasteiger partial charge in [0.1, 0.15) is 5.82 Å². The Hall–Kier alpha value is -2.11. The molecule has 3 amide bonds. The molecule has 2 fully saturated rings. The van der Waals surface area contributed by atoms with Gasteiger partial charge in [0, 0.05) is 32.1 Å². The molecule has 0 unspecified atom stereocenters. The number of nitrogens with one attached hydrogen (secondary N) is 2. The van der Waals surface area contributed by atoms with Crippen LogP contribution in [0.2, 0.25) is 0 Å². The molecule has 1 saturated carbocycles. The Bertz CT molecular complexity index is 638. The lowest BCUT2D eigenvalue weighted by molar-refractivity contribution is -0.122. The summed E-state index contributed by atoms with van der Waals surface area (Å²) in [5.74, 6) is 0.00114. The van der Waals surface area contributed by atoms with E-state index in [2.05, 4.69) is 10.6 Å². The second kappa shape index (κ2) is 9.72. The molecule has 2 N–H and O–H groups in total. The fourth-order valence-electron chi connectivity index (χ4n) is 4.03. The minimum Gasteiger partial charge on any atom is -0.352 e. The molecule has 2 aliphatic rings. The summed E-state index contributed by atoms with van der Waals surface area (Å²) in [6, 6.07) is 6.65. The first-order valence-corrected chi connectivity index (χ1v) is 10.2. The molecular formula is C21H30FN3O2. The summed E-state index contributed by atoms with van der Waals surface area (Å²) >= 11 is 0. The van der Waals surface area contributed by atoms with Crippen LogP contribution in [-0.4, -0.2) is 36.0 Å². The van der Waals surface area contributed by atoms with E-state index < -0.39 is 0 Å². The van der Waals surface area contributed by atoms with Crippen molar-refractivity contribution in [3.05, 3.63) is 35.6 Å². The van der Waals surface area contributed by atoms with Crippen molar-refractivity contribution in [1.82, 2.24) is 15.5 Å². The van der Waals surface area contributed by atoms with Gasteiger partial charge in [-0.3, -0.25) is 4.79 Å². The number of hydrogen-bond acceptors (Lipinski definition) is 2. The SMILES string of the molecule is O=C(CC1CCN(C(=O)NC2CCCCC2)CC1)NCc1cccc(F)c1. The molecule has 0 bridgehead atoms. The summed E-state index contributed by atoms with van der Waals surface area (Å²) < 4.78 is 13.2. The zero-order valence-electron chi connectivity index (χ0n) is 15.9. The summed E-state index contributed by atoms with van der Waals surface area (Å²) in [5, 5.41) is 6.03. The van der Waals surface area contributed by atoms with Crippen molar-refractivity contribution in [2.24, 2.45) is 5.92 Å². The Labute approximate surface area is 160 Å². The molecule has 0 spiro atoms. The number of rotatable bonds is 5. The van der Waals surface area contributed by atoms with Gasteiger partial charge in [-0.25, -0.2) is 9.18 Å². The average molecular weight is 375 g/mol. The quantitative estimate of drug-likeness (QED) is 0.826. The maximum Gasteiger partial charge on any atom is 0.317 e. The lowest BCUT2D eigenvalue weighted by atomic mass is 9.93. The molecule has 5 nitrogen and oxygen atoms in total. The number of hydrogen-bond donors (Lipinski definition) is 2. The summed E-state index contributed by atoms with van der Waals surface area (Å²) in [4.78, 5) is 26.4. The number of piperidine rings is 1. The number of urea groups is 1. The van der Waals surface area contributed by atoms with Crippen molar-refractivity contribution in [1.29, 1.82) is 0 Å². The topological polar surface area (TPSA) is 61.4 Å². The van der Waals surface area contributed by atoms with E-state index in [0.29, 0.717) is 38.0 Å². The highest BCUT2D eigenvalue weighted by Gasteiger charge is 2.26. The third-order valence-electron chi connectivity index (χ3n) is 5.69. The molecule has 27 heavy (non-hydrogen) atoms. The van der Waals surface area contributed by atoms with Gasteiger partial charge in [0.25, 0.3) is 0 Å². The summed E-state index contributed by atoms with van der Waals surface area (Å²) in [5.41, 5.74) is 0.762. The molecule has 1 aromatic carbocycles. The van der Waals surface area contributed by atoms with Gasteiger partial charge in [0.15, 0.2) is 0 Å². The van der Waals surface area contributed by atoms with Gasteiger partial charge in [0.05, 0.1) is 0 Å². The number of carbonyl (C=O) groups excluding carboxylic acids is 2. The molecular weight excluding hydrogens is 345 g/mol. The second-order valence-electron chi connectivity index (χ2n) is 7.83. The van der Waals surface area contributed by atoms with E-state index in [1.54, 1.807) is 12.1 Å². The third kappa shape index (κ3) is 6.22. The smallest absolute Gasteiger partial charge is 0.317 e. The van der Waals surface area contributed by atoms with E-state index in [1.165, 1.54) is 31.4 Å². The number of benzene rings is 1. The predicted octanol–water partition coefficient (Wildman–Crippen LogP) is 3.59. The van der Waals surface area contributed by atoms with Crippen molar-refractivity contribution in [3.63, 3.8) is 0 Å². The lowest BCUT2D eigenvalue weighted by Gasteiger charge is -2.33. The lowest BCUT2D eigenvalue weighted by Crippen LogP contribution is -2.48. The Balaban J connectivity index is 1.34. The van der Waals surface area contributed by atoms with Crippen LogP contribution in [0, 0.1) is 11.7 Å². The van der Waals surface area contributed by atoms with Crippen LogP contribution in [-0.2, 0) is 11.3 Å². The summed E-state index contributed by atoms with van der Waals surface area (Å²) in [6.07, 6.45) is 8.04. The van der Waals surface area contributed by atoms with Gasteiger partial charge in [-0.05, 0) is 49.3 Å². The van der Waals surface area contributed by atoms with E-state index in [1.807, 2.05) is 4.90 Å². The first-order chi connectivity index (χ1) is 13.1. The number of amides is 3. The maximum absolute atomic E-state index is 13.2. The highest BCUT2D eigenvalue weighted by molar-refractivity contribution is 5.76. The fourth-order valence-corrected chi connectivity index (χ4v) is 4.03. The zero-order valence-corrected chi connectivity index (χ0v) is 15.9. The Morgan fingerprint density at radius 2 is 1.81 bits per heavy atom. The number of carbonyl (C=O) groups is 2. The van der Waals surface area contributed by atoms with Gasteiger partial charge in [-0.1, -0.05) is 31.4 Å². The second-order valence-corrected chi connectivity index (χ2v) is 7.83.